The number of nitrogens with one attached hydrogen (secondary N) is 1. The number of hydrogen-bond acceptors (Lipinski definition) is 4. The predicted molar refractivity (Wildman–Crippen MR) is 74.9 cm³/mol. The van der Waals surface area contributed by atoms with Crippen LogP contribution in [0.1, 0.15) is 39.0 Å². The molecule has 0 aliphatic carbocycles. The summed E-state index contributed by atoms with van der Waals surface area (Å²) in [5, 5.41) is 13.0. The summed E-state index contributed by atoms with van der Waals surface area (Å²) >= 11 is 0. The first-order chi connectivity index (χ1) is 8.83. The second-order valence-corrected chi connectivity index (χ2v) is 5.19. The number of piperidine rings is 1. The van der Waals surface area contributed by atoms with Gasteiger partial charge in [0.2, 0.25) is 0 Å². The topological polar surface area (TPSA) is 44.7 Å². The second-order valence-electron chi connectivity index (χ2n) is 5.19. The minimum Gasteiger partial charge on any atom is -0.389 e. The Hall–Kier alpha value is -0.160. The average molecular weight is 258 g/mol. The molecule has 108 valence electrons. The van der Waals surface area contributed by atoms with E-state index in [0.29, 0.717) is 13.2 Å². The summed E-state index contributed by atoms with van der Waals surface area (Å²) in [4.78, 5) is 2.50. The number of hydrogen-bond donors (Lipinski definition) is 2. The fraction of sp³-hybridized carbons (Fsp3) is 1.00. The van der Waals surface area contributed by atoms with Crippen LogP contribution in [0.25, 0.3) is 0 Å². The fourth-order valence-corrected chi connectivity index (χ4v) is 2.21. The summed E-state index contributed by atoms with van der Waals surface area (Å²) in [6, 6.07) is 0. The van der Waals surface area contributed by atoms with Crippen molar-refractivity contribution in [2.75, 3.05) is 45.9 Å². The molecule has 4 nitrogen and oxygen atoms in total. The molecule has 0 aromatic heterocycles. The minimum atomic E-state index is -0.372. The molecule has 1 heterocycles. The van der Waals surface area contributed by atoms with Gasteiger partial charge in [-0.25, -0.2) is 0 Å². The first-order valence-corrected chi connectivity index (χ1v) is 7.51. The number of likely N-dealkylation sites (tertiary alicyclic amines) is 1. The summed E-state index contributed by atoms with van der Waals surface area (Å²) in [5.41, 5.74) is 0. The smallest absolute Gasteiger partial charge is 0.0897 e. The Morgan fingerprint density at radius 3 is 2.78 bits per heavy atom. The lowest BCUT2D eigenvalue weighted by Gasteiger charge is -2.26. The summed E-state index contributed by atoms with van der Waals surface area (Å²) in [5.74, 6) is 0. The molecule has 1 rings (SSSR count). The van der Waals surface area contributed by atoms with Crippen LogP contribution in [0.4, 0.5) is 0 Å². The van der Waals surface area contributed by atoms with Gasteiger partial charge in [-0.15, -0.1) is 0 Å². The van der Waals surface area contributed by atoms with Gasteiger partial charge in [-0.3, -0.25) is 0 Å². The Kier molecular flexibility index (Phi) is 9.48. The molecule has 0 aromatic rings. The van der Waals surface area contributed by atoms with Crippen LogP contribution in [0, 0.1) is 0 Å². The zero-order valence-electron chi connectivity index (χ0n) is 11.9. The molecule has 1 unspecified atom stereocenters. The summed E-state index contributed by atoms with van der Waals surface area (Å²) in [6.45, 7) is 8.55. The quantitative estimate of drug-likeness (QED) is 0.579. The van der Waals surface area contributed by atoms with Gasteiger partial charge in [0.1, 0.15) is 0 Å². The van der Waals surface area contributed by atoms with Crippen LogP contribution in [0.3, 0.4) is 0 Å². The van der Waals surface area contributed by atoms with Crippen LogP contribution in [0.2, 0.25) is 0 Å². The molecule has 1 aliphatic rings. The number of aliphatic hydroxyl groups is 1. The molecule has 1 saturated heterocycles. The van der Waals surface area contributed by atoms with Crippen LogP contribution in [0.15, 0.2) is 0 Å². The lowest BCUT2D eigenvalue weighted by molar-refractivity contribution is 0.0356. The molecule has 4 heteroatoms. The molecule has 0 saturated carbocycles. The molecular formula is C14H30N2O2. The lowest BCUT2D eigenvalue weighted by atomic mass is 10.1. The van der Waals surface area contributed by atoms with Gasteiger partial charge in [0, 0.05) is 26.2 Å². The van der Waals surface area contributed by atoms with E-state index in [1.807, 2.05) is 0 Å². The van der Waals surface area contributed by atoms with Crippen molar-refractivity contribution in [1.29, 1.82) is 0 Å². The van der Waals surface area contributed by atoms with E-state index in [0.717, 1.165) is 32.5 Å². The normalized spacial score (nSPS) is 19.0. The zero-order valence-corrected chi connectivity index (χ0v) is 11.9. The molecule has 0 radical (unpaired) electrons. The molecule has 2 N–H and O–H groups in total. The van der Waals surface area contributed by atoms with Gasteiger partial charge < -0.3 is 20.1 Å². The van der Waals surface area contributed by atoms with Gasteiger partial charge in [-0.1, -0.05) is 19.8 Å². The molecule has 1 aliphatic heterocycles. The van der Waals surface area contributed by atoms with Crippen molar-refractivity contribution in [3.05, 3.63) is 0 Å². The van der Waals surface area contributed by atoms with E-state index in [4.69, 9.17) is 4.74 Å². The fourth-order valence-electron chi connectivity index (χ4n) is 2.21. The third-order valence-electron chi connectivity index (χ3n) is 3.39. The molecule has 1 atom stereocenters. The molecule has 1 fully saturated rings. The van der Waals surface area contributed by atoms with Gasteiger partial charge in [-0.05, 0) is 32.4 Å². The Labute approximate surface area is 112 Å². The zero-order chi connectivity index (χ0) is 13.1. The number of rotatable bonds is 10. The maximum Gasteiger partial charge on any atom is 0.0897 e. The van der Waals surface area contributed by atoms with Gasteiger partial charge in [0.15, 0.2) is 0 Å². The van der Waals surface area contributed by atoms with E-state index < -0.39 is 0 Å². The Morgan fingerprint density at radius 1 is 1.28 bits per heavy atom. The Morgan fingerprint density at radius 2 is 2.06 bits per heavy atom. The highest BCUT2D eigenvalue weighted by atomic mass is 16.5. The summed E-state index contributed by atoms with van der Waals surface area (Å²) < 4.78 is 5.38. The van der Waals surface area contributed by atoms with Crippen molar-refractivity contribution in [2.24, 2.45) is 0 Å². The standard InChI is InChI=1S/C14H30N2O2/c1-2-3-11-18-13-14(17)12-15-7-10-16-8-5-4-6-9-16/h14-15,17H,2-13H2,1H3. The third-order valence-corrected chi connectivity index (χ3v) is 3.39. The highest BCUT2D eigenvalue weighted by molar-refractivity contribution is 4.66. The first kappa shape index (κ1) is 15.9. The number of nitrogens with zero attached hydrogens (tertiary/aromatic N) is 1. The summed E-state index contributed by atoms with van der Waals surface area (Å²) in [6.07, 6.45) is 5.92. The van der Waals surface area contributed by atoms with Crippen LogP contribution in [0.5, 0.6) is 0 Å². The van der Waals surface area contributed by atoms with Crippen molar-refractivity contribution in [2.45, 2.75) is 45.1 Å². The van der Waals surface area contributed by atoms with E-state index in [9.17, 15) is 5.11 Å². The second kappa shape index (κ2) is 10.7. The molecule has 0 aromatic carbocycles. The molecule has 18 heavy (non-hydrogen) atoms. The van der Waals surface area contributed by atoms with Crippen LogP contribution < -0.4 is 5.32 Å². The van der Waals surface area contributed by atoms with Crippen LogP contribution >= 0.6 is 0 Å². The maximum absolute atomic E-state index is 9.68. The highest BCUT2D eigenvalue weighted by Crippen LogP contribution is 2.07. The Balaban J connectivity index is 1.86. The van der Waals surface area contributed by atoms with Gasteiger partial charge in [0.05, 0.1) is 12.7 Å². The largest absolute Gasteiger partial charge is 0.389 e. The van der Waals surface area contributed by atoms with Crippen LogP contribution in [-0.2, 0) is 4.74 Å². The van der Waals surface area contributed by atoms with Crippen molar-refractivity contribution in [3.8, 4) is 0 Å². The highest BCUT2D eigenvalue weighted by Gasteiger charge is 2.09. The van der Waals surface area contributed by atoms with Crippen molar-refractivity contribution in [3.63, 3.8) is 0 Å². The van der Waals surface area contributed by atoms with E-state index >= 15 is 0 Å². The van der Waals surface area contributed by atoms with E-state index in [2.05, 4.69) is 17.1 Å². The van der Waals surface area contributed by atoms with Crippen molar-refractivity contribution >= 4 is 0 Å². The van der Waals surface area contributed by atoms with Crippen molar-refractivity contribution < 1.29 is 9.84 Å². The van der Waals surface area contributed by atoms with Gasteiger partial charge in [-0.2, -0.15) is 0 Å². The molecule has 0 bridgehead atoms. The molecular weight excluding hydrogens is 228 g/mol. The number of unbranched alkanes of at least 4 members (excludes halogenated alkanes) is 1. The van der Waals surface area contributed by atoms with E-state index in [1.54, 1.807) is 0 Å². The average Bonchev–Trinajstić information content (AvgIpc) is 2.41. The Bertz CT molecular complexity index is 185. The van der Waals surface area contributed by atoms with E-state index in [1.165, 1.54) is 32.4 Å². The lowest BCUT2D eigenvalue weighted by Crippen LogP contribution is -2.38. The summed E-state index contributed by atoms with van der Waals surface area (Å²) in [7, 11) is 0. The number of ether oxygens (including phenoxy) is 1. The van der Waals surface area contributed by atoms with Crippen molar-refractivity contribution in [1.82, 2.24) is 10.2 Å². The molecule has 0 spiro atoms. The first-order valence-electron chi connectivity index (χ1n) is 7.51. The maximum atomic E-state index is 9.68. The monoisotopic (exact) mass is 258 g/mol. The SMILES string of the molecule is CCCCOCC(O)CNCCN1CCCCC1. The molecule has 0 amide bonds. The van der Waals surface area contributed by atoms with Gasteiger partial charge >= 0.3 is 0 Å². The van der Waals surface area contributed by atoms with E-state index in [-0.39, 0.29) is 6.10 Å². The van der Waals surface area contributed by atoms with Crippen LogP contribution in [-0.4, -0.2) is 62.0 Å². The third kappa shape index (κ3) is 8.03. The number of aliphatic hydroxyl groups excluding tert-OH is 1. The van der Waals surface area contributed by atoms with Gasteiger partial charge in [0.25, 0.3) is 0 Å². The predicted octanol–water partition coefficient (Wildman–Crippen LogP) is 1.24. The minimum absolute atomic E-state index is 0.372.